The van der Waals surface area contributed by atoms with E-state index in [0.717, 1.165) is 23.1 Å². The van der Waals surface area contributed by atoms with Crippen molar-refractivity contribution in [2.24, 2.45) is 0 Å². The number of nitrogens with zero attached hydrogens (tertiary/aromatic N) is 1. The summed E-state index contributed by atoms with van der Waals surface area (Å²) >= 11 is 0. The molecule has 0 radical (unpaired) electrons. The Balaban J connectivity index is 2.09. The topological polar surface area (TPSA) is 65.1 Å². The summed E-state index contributed by atoms with van der Waals surface area (Å²) in [5.41, 5.74) is 4.75. The fraction of sp³-hybridized carbons (Fsp3) is 0.357. The van der Waals surface area contributed by atoms with Gasteiger partial charge in [-0.15, -0.1) is 0 Å². The van der Waals surface area contributed by atoms with Gasteiger partial charge in [-0.25, -0.2) is 4.79 Å². The van der Waals surface area contributed by atoms with E-state index in [0.29, 0.717) is 41.7 Å². The molecular weight excluding hydrogens is 430 g/mol. The Morgan fingerprint density at radius 2 is 1.68 bits per heavy atom. The second kappa shape index (κ2) is 11.1. The van der Waals surface area contributed by atoms with Crippen LogP contribution in [0.2, 0.25) is 0 Å². The van der Waals surface area contributed by atoms with Crippen molar-refractivity contribution >= 4 is 23.6 Å². The van der Waals surface area contributed by atoms with Crippen LogP contribution in [0.1, 0.15) is 50.8 Å². The quantitative estimate of drug-likeness (QED) is 0.350. The van der Waals surface area contributed by atoms with Crippen molar-refractivity contribution in [3.05, 3.63) is 69.9 Å². The van der Waals surface area contributed by atoms with Crippen molar-refractivity contribution in [2.45, 2.75) is 48.0 Å². The van der Waals surface area contributed by atoms with Crippen LogP contribution in [0.4, 0.5) is 5.69 Å². The molecule has 0 saturated carbocycles. The molecular formula is C28H33NO5. The van der Waals surface area contributed by atoms with Crippen LogP contribution < -0.4 is 14.4 Å². The predicted octanol–water partition coefficient (Wildman–Crippen LogP) is 5.76. The summed E-state index contributed by atoms with van der Waals surface area (Å²) < 4.78 is 16.9. The zero-order valence-corrected chi connectivity index (χ0v) is 20.9. The highest BCUT2D eigenvalue weighted by Gasteiger charge is 2.38. The summed E-state index contributed by atoms with van der Waals surface area (Å²) in [7, 11) is 0. The fourth-order valence-electron chi connectivity index (χ4n) is 3.84. The molecule has 0 N–H and O–H groups in total. The lowest BCUT2D eigenvalue weighted by atomic mass is 10.0. The Morgan fingerprint density at radius 1 is 0.912 bits per heavy atom. The highest BCUT2D eigenvalue weighted by atomic mass is 16.5. The number of benzene rings is 2. The van der Waals surface area contributed by atoms with Crippen LogP contribution in [0.15, 0.2) is 53.2 Å². The van der Waals surface area contributed by atoms with Gasteiger partial charge < -0.3 is 14.2 Å². The molecule has 1 heterocycles. The number of amides is 1. The minimum atomic E-state index is -0.515. The SMILES string of the molecule is CCCOc1ccc(C=C2C(=O)N(c3ccc(C)c(C)c3)C(C)=C2C(=O)OCC)cc1OCC. The van der Waals surface area contributed by atoms with Crippen LogP contribution in [0.25, 0.3) is 6.08 Å². The molecule has 3 rings (SSSR count). The van der Waals surface area contributed by atoms with Gasteiger partial charge in [0.2, 0.25) is 0 Å². The maximum Gasteiger partial charge on any atom is 0.340 e. The first-order valence-corrected chi connectivity index (χ1v) is 11.7. The molecule has 180 valence electrons. The number of aryl methyl sites for hydroxylation is 2. The maximum absolute atomic E-state index is 13.6. The average Bonchev–Trinajstić information content (AvgIpc) is 3.05. The Bertz CT molecular complexity index is 1150. The van der Waals surface area contributed by atoms with Gasteiger partial charge >= 0.3 is 5.97 Å². The Kier molecular flexibility index (Phi) is 8.16. The summed E-state index contributed by atoms with van der Waals surface area (Å²) in [6.45, 7) is 12.8. The largest absolute Gasteiger partial charge is 0.490 e. The van der Waals surface area contributed by atoms with Crippen molar-refractivity contribution in [3.63, 3.8) is 0 Å². The summed E-state index contributed by atoms with van der Waals surface area (Å²) in [6.07, 6.45) is 2.60. The molecule has 0 aliphatic carbocycles. The van der Waals surface area contributed by atoms with Crippen molar-refractivity contribution in [2.75, 3.05) is 24.7 Å². The van der Waals surface area contributed by atoms with Gasteiger partial charge in [-0.2, -0.15) is 0 Å². The Hall–Kier alpha value is -3.54. The smallest absolute Gasteiger partial charge is 0.340 e. The number of hydrogen-bond donors (Lipinski definition) is 0. The van der Waals surface area contributed by atoms with E-state index in [1.54, 1.807) is 24.8 Å². The summed E-state index contributed by atoms with van der Waals surface area (Å²) in [4.78, 5) is 28.1. The average molecular weight is 464 g/mol. The first-order valence-electron chi connectivity index (χ1n) is 11.7. The number of rotatable bonds is 9. The molecule has 0 fully saturated rings. The van der Waals surface area contributed by atoms with Crippen molar-refractivity contribution in [1.29, 1.82) is 0 Å². The number of carbonyl (C=O) groups is 2. The third-order valence-electron chi connectivity index (χ3n) is 5.67. The van der Waals surface area contributed by atoms with Crippen LogP contribution in [0.3, 0.4) is 0 Å². The molecule has 0 saturated heterocycles. The normalized spacial score (nSPS) is 14.7. The van der Waals surface area contributed by atoms with Crippen LogP contribution in [0.5, 0.6) is 11.5 Å². The molecule has 0 unspecified atom stereocenters. The maximum atomic E-state index is 13.6. The van der Waals surface area contributed by atoms with E-state index < -0.39 is 5.97 Å². The molecule has 2 aromatic rings. The monoisotopic (exact) mass is 463 g/mol. The van der Waals surface area contributed by atoms with Gasteiger partial charge in [0.1, 0.15) is 0 Å². The minimum absolute atomic E-state index is 0.221. The lowest BCUT2D eigenvalue weighted by Crippen LogP contribution is -2.24. The molecule has 0 bridgehead atoms. The molecule has 6 heteroatoms. The second-order valence-electron chi connectivity index (χ2n) is 8.14. The van der Waals surface area contributed by atoms with Crippen LogP contribution in [-0.4, -0.2) is 31.7 Å². The lowest BCUT2D eigenvalue weighted by Gasteiger charge is -2.19. The van der Waals surface area contributed by atoms with E-state index in [2.05, 4.69) is 0 Å². The van der Waals surface area contributed by atoms with Crippen LogP contribution in [-0.2, 0) is 14.3 Å². The van der Waals surface area contributed by atoms with E-state index in [4.69, 9.17) is 14.2 Å². The molecule has 2 aromatic carbocycles. The first kappa shape index (κ1) is 25.1. The van der Waals surface area contributed by atoms with Crippen molar-refractivity contribution in [1.82, 2.24) is 0 Å². The first-order chi connectivity index (χ1) is 16.3. The number of carbonyl (C=O) groups excluding carboxylic acids is 2. The van der Waals surface area contributed by atoms with E-state index in [9.17, 15) is 9.59 Å². The zero-order valence-electron chi connectivity index (χ0n) is 20.9. The zero-order chi connectivity index (χ0) is 24.8. The second-order valence-corrected chi connectivity index (χ2v) is 8.14. The van der Waals surface area contributed by atoms with E-state index in [1.807, 2.05) is 64.1 Å². The third-order valence-corrected chi connectivity index (χ3v) is 5.67. The number of anilines is 1. The van der Waals surface area contributed by atoms with Gasteiger partial charge in [0.25, 0.3) is 5.91 Å². The fourth-order valence-corrected chi connectivity index (χ4v) is 3.84. The Morgan fingerprint density at radius 3 is 2.32 bits per heavy atom. The predicted molar refractivity (Wildman–Crippen MR) is 134 cm³/mol. The number of esters is 1. The molecule has 0 spiro atoms. The van der Waals surface area contributed by atoms with E-state index in [-0.39, 0.29) is 18.1 Å². The van der Waals surface area contributed by atoms with E-state index >= 15 is 0 Å². The molecule has 34 heavy (non-hydrogen) atoms. The van der Waals surface area contributed by atoms with Crippen LogP contribution in [0, 0.1) is 13.8 Å². The molecule has 0 aromatic heterocycles. The van der Waals surface area contributed by atoms with Gasteiger partial charge in [0, 0.05) is 11.4 Å². The Labute approximate surface area is 201 Å². The standard InChI is InChI=1S/C28H33NO5/c1-7-14-34-24-13-11-21(17-25(24)32-8-2)16-23-26(28(31)33-9-3)20(6)29(27(23)30)22-12-10-18(4)19(5)15-22/h10-13,15-17H,7-9,14H2,1-6H3. The number of ether oxygens (including phenoxy) is 3. The summed E-state index contributed by atoms with van der Waals surface area (Å²) in [5.74, 6) is 0.463. The number of allylic oxidation sites excluding steroid dienone is 1. The van der Waals surface area contributed by atoms with Crippen LogP contribution >= 0.6 is 0 Å². The molecule has 6 nitrogen and oxygen atoms in total. The molecule has 0 atom stereocenters. The highest BCUT2D eigenvalue weighted by molar-refractivity contribution is 6.23. The van der Waals surface area contributed by atoms with Crippen molar-refractivity contribution in [3.8, 4) is 11.5 Å². The lowest BCUT2D eigenvalue weighted by molar-refractivity contribution is -0.138. The van der Waals surface area contributed by atoms with Gasteiger partial charge in [-0.1, -0.05) is 19.1 Å². The van der Waals surface area contributed by atoms with Gasteiger partial charge in [0.05, 0.1) is 31.0 Å². The highest BCUT2D eigenvalue weighted by Crippen LogP contribution is 2.37. The van der Waals surface area contributed by atoms with Crippen molar-refractivity contribution < 1.29 is 23.8 Å². The van der Waals surface area contributed by atoms with Gasteiger partial charge in [-0.3, -0.25) is 9.69 Å². The summed E-state index contributed by atoms with van der Waals surface area (Å²) in [6, 6.07) is 11.3. The summed E-state index contributed by atoms with van der Waals surface area (Å²) in [5, 5.41) is 0. The van der Waals surface area contributed by atoms with E-state index in [1.165, 1.54) is 0 Å². The minimum Gasteiger partial charge on any atom is -0.490 e. The van der Waals surface area contributed by atoms with Gasteiger partial charge in [-0.05, 0) is 88.1 Å². The number of hydrogen-bond acceptors (Lipinski definition) is 5. The molecule has 1 aliphatic heterocycles. The molecule has 1 aliphatic rings. The third kappa shape index (κ3) is 5.16. The molecule has 1 amide bonds. The van der Waals surface area contributed by atoms with Gasteiger partial charge in [0.15, 0.2) is 11.5 Å².